The first-order valence-electron chi connectivity index (χ1n) is 6.35. The molecule has 0 atom stereocenters. The van der Waals surface area contributed by atoms with Gasteiger partial charge in [0.2, 0.25) is 0 Å². The van der Waals surface area contributed by atoms with Crippen molar-refractivity contribution in [3.63, 3.8) is 0 Å². The molecule has 0 bridgehead atoms. The van der Waals surface area contributed by atoms with Crippen LogP contribution in [0.15, 0.2) is 18.2 Å². The highest BCUT2D eigenvalue weighted by molar-refractivity contribution is 5.89. The highest BCUT2D eigenvalue weighted by Crippen LogP contribution is 2.16. The van der Waals surface area contributed by atoms with Crippen LogP contribution in [0.3, 0.4) is 0 Å². The van der Waals surface area contributed by atoms with Crippen molar-refractivity contribution in [3.05, 3.63) is 34.9 Å². The molecule has 5 nitrogen and oxygen atoms in total. The molecule has 0 fully saturated rings. The van der Waals surface area contributed by atoms with E-state index in [0.29, 0.717) is 18.6 Å². The first-order valence-corrected chi connectivity index (χ1v) is 6.35. The van der Waals surface area contributed by atoms with Gasteiger partial charge in [-0.15, -0.1) is 0 Å². The number of hydrogen-bond donors (Lipinski definition) is 0. The molecular formula is C15H17NO4. The minimum Gasteiger partial charge on any atom is -0.469 e. The summed E-state index contributed by atoms with van der Waals surface area (Å²) >= 11 is 0. The Kier molecular flexibility index (Phi) is 6.24. The Bertz CT molecular complexity index is 531. The van der Waals surface area contributed by atoms with E-state index < -0.39 is 5.97 Å². The van der Waals surface area contributed by atoms with Gasteiger partial charge < -0.3 is 9.47 Å². The molecule has 106 valence electrons. The highest BCUT2D eigenvalue weighted by atomic mass is 16.5. The van der Waals surface area contributed by atoms with Gasteiger partial charge in [-0.05, 0) is 36.6 Å². The summed E-state index contributed by atoms with van der Waals surface area (Å²) in [6.07, 6.45) is 0.873. The third kappa shape index (κ3) is 4.39. The first-order chi connectivity index (χ1) is 9.62. The molecule has 0 saturated carbocycles. The van der Waals surface area contributed by atoms with Gasteiger partial charge in [0.25, 0.3) is 0 Å². The largest absolute Gasteiger partial charge is 0.469 e. The normalized spacial score (nSPS) is 9.65. The third-order valence-corrected chi connectivity index (χ3v) is 2.81. The molecule has 0 N–H and O–H groups in total. The predicted molar refractivity (Wildman–Crippen MR) is 72.1 cm³/mol. The lowest BCUT2D eigenvalue weighted by Gasteiger charge is -2.09. The number of benzene rings is 1. The van der Waals surface area contributed by atoms with Gasteiger partial charge in [-0.25, -0.2) is 4.79 Å². The number of nitriles is 1. The second-order valence-corrected chi connectivity index (χ2v) is 4.11. The lowest BCUT2D eigenvalue weighted by atomic mass is 9.98. The number of ether oxygens (including phenoxy) is 2. The first kappa shape index (κ1) is 15.7. The van der Waals surface area contributed by atoms with E-state index in [1.807, 2.05) is 0 Å². The Morgan fingerprint density at radius 1 is 1.30 bits per heavy atom. The van der Waals surface area contributed by atoms with Gasteiger partial charge >= 0.3 is 11.9 Å². The topological polar surface area (TPSA) is 76.4 Å². The number of carbonyl (C=O) groups is 2. The van der Waals surface area contributed by atoms with Crippen LogP contribution in [0.4, 0.5) is 0 Å². The number of methoxy groups -OCH3 is 1. The molecule has 1 rings (SSSR count). The Labute approximate surface area is 118 Å². The molecule has 0 aliphatic carbocycles. The lowest BCUT2D eigenvalue weighted by molar-refractivity contribution is -0.140. The Morgan fingerprint density at radius 3 is 2.65 bits per heavy atom. The maximum absolute atomic E-state index is 11.7. The van der Waals surface area contributed by atoms with Crippen LogP contribution in [-0.2, 0) is 27.1 Å². The number of hydrogen-bond acceptors (Lipinski definition) is 5. The summed E-state index contributed by atoms with van der Waals surface area (Å²) < 4.78 is 9.53. The van der Waals surface area contributed by atoms with Gasteiger partial charge in [0, 0.05) is 6.42 Å². The third-order valence-electron chi connectivity index (χ3n) is 2.81. The van der Waals surface area contributed by atoms with Crippen LogP contribution in [0.25, 0.3) is 0 Å². The molecule has 0 aliphatic rings. The van der Waals surface area contributed by atoms with Crippen LogP contribution >= 0.6 is 0 Å². The van der Waals surface area contributed by atoms with E-state index in [0.717, 1.165) is 11.1 Å². The fourth-order valence-electron chi connectivity index (χ4n) is 1.80. The molecule has 1 aromatic rings. The molecule has 0 unspecified atom stereocenters. The van der Waals surface area contributed by atoms with E-state index in [9.17, 15) is 9.59 Å². The zero-order valence-corrected chi connectivity index (χ0v) is 11.6. The van der Waals surface area contributed by atoms with Gasteiger partial charge in [0.15, 0.2) is 0 Å². The van der Waals surface area contributed by atoms with Gasteiger partial charge in [-0.1, -0.05) is 6.07 Å². The van der Waals surface area contributed by atoms with E-state index in [4.69, 9.17) is 10.00 Å². The molecule has 5 heteroatoms. The van der Waals surface area contributed by atoms with Crippen molar-refractivity contribution < 1.29 is 19.1 Å². The fraction of sp³-hybridized carbons (Fsp3) is 0.400. The maximum atomic E-state index is 11.7. The quantitative estimate of drug-likeness (QED) is 0.742. The second kappa shape index (κ2) is 7.95. The highest BCUT2D eigenvalue weighted by Gasteiger charge is 2.12. The number of nitrogens with zero attached hydrogens (tertiary/aromatic N) is 1. The van der Waals surface area contributed by atoms with Gasteiger partial charge in [-0.2, -0.15) is 5.26 Å². The average Bonchev–Trinajstić information content (AvgIpc) is 2.46. The second-order valence-electron chi connectivity index (χ2n) is 4.11. The van der Waals surface area contributed by atoms with Crippen molar-refractivity contribution in [1.82, 2.24) is 0 Å². The summed E-state index contributed by atoms with van der Waals surface area (Å²) in [5.74, 6) is -0.732. The number of carbonyl (C=O) groups excluding carboxylic acids is 2. The van der Waals surface area contributed by atoms with E-state index in [2.05, 4.69) is 10.8 Å². The van der Waals surface area contributed by atoms with Crippen molar-refractivity contribution in [1.29, 1.82) is 5.26 Å². The standard InChI is InChI=1S/C15H17NO4/c1-3-20-15(18)13-5-4-11(8-9-16)12(10-13)6-7-14(17)19-2/h4-5,10H,3,6-8H2,1-2H3. The molecular weight excluding hydrogens is 258 g/mol. The van der Waals surface area contributed by atoms with Crippen molar-refractivity contribution in [3.8, 4) is 6.07 Å². The van der Waals surface area contributed by atoms with Crippen molar-refractivity contribution >= 4 is 11.9 Å². The average molecular weight is 275 g/mol. The lowest BCUT2D eigenvalue weighted by Crippen LogP contribution is -2.08. The number of esters is 2. The van der Waals surface area contributed by atoms with E-state index in [-0.39, 0.29) is 18.8 Å². The van der Waals surface area contributed by atoms with Crippen LogP contribution in [0.2, 0.25) is 0 Å². The fourth-order valence-corrected chi connectivity index (χ4v) is 1.80. The van der Waals surface area contributed by atoms with E-state index in [1.165, 1.54) is 7.11 Å². The van der Waals surface area contributed by atoms with Crippen LogP contribution in [-0.4, -0.2) is 25.7 Å². The van der Waals surface area contributed by atoms with Crippen molar-refractivity contribution in [2.75, 3.05) is 13.7 Å². The van der Waals surface area contributed by atoms with Crippen molar-refractivity contribution in [2.24, 2.45) is 0 Å². The summed E-state index contributed by atoms with van der Waals surface area (Å²) in [5, 5.41) is 8.80. The monoisotopic (exact) mass is 275 g/mol. The van der Waals surface area contributed by atoms with E-state index >= 15 is 0 Å². The molecule has 0 aromatic heterocycles. The Morgan fingerprint density at radius 2 is 2.05 bits per heavy atom. The Hall–Kier alpha value is -2.35. The van der Waals surface area contributed by atoms with Gasteiger partial charge in [0.05, 0.1) is 31.8 Å². The van der Waals surface area contributed by atoms with Crippen LogP contribution in [0.1, 0.15) is 34.8 Å². The number of rotatable bonds is 6. The zero-order chi connectivity index (χ0) is 15.0. The van der Waals surface area contributed by atoms with Gasteiger partial charge in [0.1, 0.15) is 0 Å². The van der Waals surface area contributed by atoms with E-state index in [1.54, 1.807) is 25.1 Å². The molecule has 20 heavy (non-hydrogen) atoms. The summed E-state index contributed by atoms with van der Waals surface area (Å²) in [6.45, 7) is 2.04. The zero-order valence-electron chi connectivity index (χ0n) is 11.6. The van der Waals surface area contributed by atoms with Crippen LogP contribution in [0.5, 0.6) is 0 Å². The van der Waals surface area contributed by atoms with Crippen LogP contribution in [0, 0.1) is 11.3 Å². The molecule has 0 spiro atoms. The molecule has 0 aliphatic heterocycles. The molecule has 0 saturated heterocycles. The van der Waals surface area contributed by atoms with Crippen LogP contribution < -0.4 is 0 Å². The minimum absolute atomic E-state index is 0.210. The SMILES string of the molecule is CCOC(=O)c1ccc(CC#N)c(CCC(=O)OC)c1. The molecule has 1 aromatic carbocycles. The summed E-state index contributed by atoms with van der Waals surface area (Å²) in [5.41, 5.74) is 2.03. The number of aryl methyl sites for hydroxylation is 1. The van der Waals surface area contributed by atoms with Gasteiger partial charge in [-0.3, -0.25) is 4.79 Å². The molecule has 0 amide bonds. The maximum Gasteiger partial charge on any atom is 0.338 e. The molecule has 0 radical (unpaired) electrons. The smallest absolute Gasteiger partial charge is 0.338 e. The summed E-state index contributed by atoms with van der Waals surface area (Å²) in [4.78, 5) is 22.9. The predicted octanol–water partition coefficient (Wildman–Crippen LogP) is 2.03. The molecule has 0 heterocycles. The minimum atomic E-state index is -0.407. The Balaban J connectivity index is 2.96. The summed E-state index contributed by atoms with van der Waals surface area (Å²) in [6, 6.07) is 7.10. The van der Waals surface area contributed by atoms with Crippen molar-refractivity contribution in [2.45, 2.75) is 26.2 Å². The summed E-state index contributed by atoms with van der Waals surface area (Å²) in [7, 11) is 1.33.